The van der Waals surface area contributed by atoms with Crippen molar-refractivity contribution in [2.75, 3.05) is 11.7 Å². The van der Waals surface area contributed by atoms with Crippen LogP contribution in [0.5, 0.6) is 0 Å². The molecule has 0 spiro atoms. The van der Waals surface area contributed by atoms with Gasteiger partial charge in [0.1, 0.15) is 0 Å². The second-order valence-electron chi connectivity index (χ2n) is 3.84. The van der Waals surface area contributed by atoms with Gasteiger partial charge in [-0.2, -0.15) is 5.10 Å². The van der Waals surface area contributed by atoms with Crippen LogP contribution in [0.25, 0.3) is 0 Å². The van der Waals surface area contributed by atoms with Crippen LogP contribution in [0.15, 0.2) is 44.5 Å². The van der Waals surface area contributed by atoms with E-state index in [4.69, 9.17) is 11.5 Å². The molecule has 0 amide bonds. The number of nitrogens with two attached hydrogens (primary N) is 2. The summed E-state index contributed by atoms with van der Waals surface area (Å²) in [6.07, 6.45) is 1.13. The minimum Gasteiger partial charge on any atom is -0.380 e. The Labute approximate surface area is 109 Å². The van der Waals surface area contributed by atoms with Crippen molar-refractivity contribution in [3.8, 4) is 0 Å². The molecule has 2 rings (SSSR count). The minimum atomic E-state index is -3.27. The molecule has 8 nitrogen and oxygen atoms in total. The van der Waals surface area contributed by atoms with E-state index in [0.717, 1.165) is 6.26 Å². The Morgan fingerprint density at radius 3 is 2.42 bits per heavy atom. The predicted molar refractivity (Wildman–Crippen MR) is 73.9 cm³/mol. The summed E-state index contributed by atoms with van der Waals surface area (Å²) in [5.41, 5.74) is 14.4. The van der Waals surface area contributed by atoms with Gasteiger partial charge in [-0.05, 0) is 18.2 Å². The van der Waals surface area contributed by atoms with Crippen molar-refractivity contribution in [1.29, 1.82) is 0 Å². The lowest BCUT2D eigenvalue weighted by Crippen LogP contribution is -2.32. The Morgan fingerprint density at radius 1 is 1.21 bits per heavy atom. The maximum absolute atomic E-state index is 11.4. The van der Waals surface area contributed by atoms with Crippen molar-refractivity contribution in [3.05, 3.63) is 24.3 Å². The first-order valence-corrected chi connectivity index (χ1v) is 7.08. The van der Waals surface area contributed by atoms with E-state index in [2.05, 4.69) is 20.7 Å². The maximum atomic E-state index is 11.4. The van der Waals surface area contributed by atoms with Crippen LogP contribution >= 0.6 is 0 Å². The molecule has 0 unspecified atom stereocenters. The zero-order valence-corrected chi connectivity index (χ0v) is 10.8. The van der Waals surface area contributed by atoms with Gasteiger partial charge in [0.2, 0.25) is 0 Å². The number of hydrogen-bond donors (Lipinski definition) is 3. The fraction of sp³-hybridized carbons (Fsp3) is 0.100. The van der Waals surface area contributed by atoms with Gasteiger partial charge in [0.15, 0.2) is 27.2 Å². The molecule has 0 aliphatic carbocycles. The lowest BCUT2D eigenvalue weighted by atomic mass is 10.3. The lowest BCUT2D eigenvalue weighted by molar-refractivity contribution is 0.602. The minimum absolute atomic E-state index is 0.101. The fourth-order valence-electron chi connectivity index (χ4n) is 1.36. The molecule has 19 heavy (non-hydrogen) atoms. The highest BCUT2D eigenvalue weighted by molar-refractivity contribution is 7.90. The normalized spacial score (nSPS) is 14.9. The zero-order valence-electron chi connectivity index (χ0n) is 10.0. The smallest absolute Gasteiger partial charge is 0.177 e. The molecule has 0 saturated carbocycles. The van der Waals surface area contributed by atoms with Gasteiger partial charge in [-0.25, -0.2) is 8.42 Å². The number of nitrogens with zero attached hydrogens (tertiary/aromatic N) is 3. The lowest BCUT2D eigenvalue weighted by Gasteiger charge is -2.04. The van der Waals surface area contributed by atoms with Gasteiger partial charge in [0, 0.05) is 6.26 Å². The Kier molecular flexibility index (Phi) is 3.21. The molecule has 0 radical (unpaired) electrons. The Bertz CT molecular complexity index is 684. The molecule has 1 aliphatic rings. The SMILES string of the molecule is CS(=O)(=O)c1cccc(NN=C2C(N)=NN=C2N)c1. The van der Waals surface area contributed by atoms with E-state index in [9.17, 15) is 8.42 Å². The second kappa shape index (κ2) is 4.69. The summed E-state index contributed by atoms with van der Waals surface area (Å²) in [5, 5.41) is 11.1. The van der Waals surface area contributed by atoms with Gasteiger partial charge in [-0.1, -0.05) is 6.07 Å². The highest BCUT2D eigenvalue weighted by Gasteiger charge is 2.16. The van der Waals surface area contributed by atoms with Gasteiger partial charge in [-0.15, -0.1) is 10.2 Å². The summed E-state index contributed by atoms with van der Waals surface area (Å²) in [6, 6.07) is 6.21. The van der Waals surface area contributed by atoms with Crippen LogP contribution < -0.4 is 16.9 Å². The van der Waals surface area contributed by atoms with E-state index < -0.39 is 9.84 Å². The van der Waals surface area contributed by atoms with E-state index in [1.807, 2.05) is 0 Å². The summed E-state index contributed by atoms with van der Waals surface area (Å²) in [7, 11) is -3.27. The molecule has 0 atom stereocenters. The van der Waals surface area contributed by atoms with Crippen LogP contribution in [0.3, 0.4) is 0 Å². The van der Waals surface area contributed by atoms with Crippen molar-refractivity contribution in [2.24, 2.45) is 26.8 Å². The number of rotatable bonds is 3. The third-order valence-corrected chi connectivity index (χ3v) is 3.42. The molecular weight excluding hydrogens is 268 g/mol. The van der Waals surface area contributed by atoms with Gasteiger partial charge in [-0.3, -0.25) is 5.43 Å². The molecule has 1 aromatic carbocycles. The monoisotopic (exact) mass is 280 g/mol. The number of amidine groups is 2. The number of benzene rings is 1. The average Bonchev–Trinajstić information content (AvgIpc) is 2.66. The average molecular weight is 280 g/mol. The molecule has 9 heteroatoms. The Balaban J connectivity index is 2.24. The molecule has 1 heterocycles. The quantitative estimate of drug-likeness (QED) is 0.641. The van der Waals surface area contributed by atoms with Crippen LogP contribution in [0.4, 0.5) is 5.69 Å². The first-order valence-electron chi connectivity index (χ1n) is 5.19. The third-order valence-electron chi connectivity index (χ3n) is 2.31. The summed E-state index contributed by atoms with van der Waals surface area (Å²) >= 11 is 0. The van der Waals surface area contributed by atoms with E-state index in [1.165, 1.54) is 12.1 Å². The summed E-state index contributed by atoms with van der Waals surface area (Å²) < 4.78 is 22.8. The second-order valence-corrected chi connectivity index (χ2v) is 5.86. The van der Waals surface area contributed by atoms with Gasteiger partial charge in [0.25, 0.3) is 0 Å². The van der Waals surface area contributed by atoms with Gasteiger partial charge < -0.3 is 11.5 Å². The molecule has 100 valence electrons. The van der Waals surface area contributed by atoms with E-state index in [-0.39, 0.29) is 22.3 Å². The standard InChI is InChI=1S/C10H12N6O2S/c1-19(17,18)7-4-2-3-6(5-7)13-14-8-9(11)15-16-10(8)12/h2-5,13H,1H3,(H4,11,12,14,15,16). The number of nitrogens with one attached hydrogen (secondary N) is 1. The highest BCUT2D eigenvalue weighted by atomic mass is 32.2. The Hall–Kier alpha value is -2.42. The number of sulfone groups is 1. The molecule has 0 aromatic heterocycles. The van der Waals surface area contributed by atoms with Crippen molar-refractivity contribution >= 4 is 32.9 Å². The van der Waals surface area contributed by atoms with Crippen molar-refractivity contribution in [1.82, 2.24) is 0 Å². The molecule has 1 aromatic rings. The van der Waals surface area contributed by atoms with E-state index >= 15 is 0 Å². The highest BCUT2D eigenvalue weighted by Crippen LogP contribution is 2.15. The topological polar surface area (TPSA) is 135 Å². The molecule has 0 fully saturated rings. The predicted octanol–water partition coefficient (Wildman–Crippen LogP) is -0.499. The Morgan fingerprint density at radius 2 is 1.84 bits per heavy atom. The largest absolute Gasteiger partial charge is 0.380 e. The summed E-state index contributed by atoms with van der Waals surface area (Å²) in [5.74, 6) is 0.202. The molecule has 5 N–H and O–H groups in total. The number of hydrogen-bond acceptors (Lipinski definition) is 8. The van der Waals surface area contributed by atoms with Crippen molar-refractivity contribution in [2.45, 2.75) is 4.90 Å². The molecule has 0 saturated heterocycles. The fourth-order valence-corrected chi connectivity index (χ4v) is 2.03. The van der Waals surface area contributed by atoms with Crippen LogP contribution in [-0.4, -0.2) is 32.1 Å². The van der Waals surface area contributed by atoms with Gasteiger partial charge in [0.05, 0.1) is 10.6 Å². The van der Waals surface area contributed by atoms with Crippen LogP contribution in [-0.2, 0) is 9.84 Å². The van der Waals surface area contributed by atoms with Crippen LogP contribution in [0.1, 0.15) is 0 Å². The summed E-state index contributed by atoms with van der Waals surface area (Å²) in [4.78, 5) is 0.187. The molecule has 1 aliphatic heterocycles. The van der Waals surface area contributed by atoms with Crippen molar-refractivity contribution < 1.29 is 8.42 Å². The van der Waals surface area contributed by atoms with E-state index in [0.29, 0.717) is 5.69 Å². The molecule has 0 bridgehead atoms. The zero-order chi connectivity index (χ0) is 14.0. The first kappa shape index (κ1) is 13.0. The van der Waals surface area contributed by atoms with Gasteiger partial charge >= 0.3 is 0 Å². The number of anilines is 1. The van der Waals surface area contributed by atoms with Crippen LogP contribution in [0.2, 0.25) is 0 Å². The number of hydrazone groups is 1. The van der Waals surface area contributed by atoms with E-state index in [1.54, 1.807) is 12.1 Å². The van der Waals surface area contributed by atoms with Crippen molar-refractivity contribution in [3.63, 3.8) is 0 Å². The molecular formula is C10H12N6O2S. The van der Waals surface area contributed by atoms with Crippen LogP contribution in [0, 0.1) is 0 Å². The third kappa shape index (κ3) is 2.88. The first-order chi connectivity index (χ1) is 8.88. The summed E-state index contributed by atoms with van der Waals surface area (Å²) in [6.45, 7) is 0. The maximum Gasteiger partial charge on any atom is 0.177 e.